The highest BCUT2D eigenvalue weighted by atomic mass is 79.9. The lowest BCUT2D eigenvalue weighted by Gasteiger charge is -2.22. The predicted octanol–water partition coefficient (Wildman–Crippen LogP) is 3.03. The summed E-state index contributed by atoms with van der Waals surface area (Å²) in [4.78, 5) is 0. The molecule has 0 radical (unpaired) electrons. The fourth-order valence-corrected chi connectivity index (χ4v) is 1.73. The van der Waals surface area contributed by atoms with Gasteiger partial charge in [0.1, 0.15) is 5.75 Å². The number of ether oxygens (including phenoxy) is 1. The molecule has 1 rings (SSSR count). The summed E-state index contributed by atoms with van der Waals surface area (Å²) in [5, 5.41) is 13.0. The first-order chi connectivity index (χ1) is 7.48. The van der Waals surface area contributed by atoms with E-state index in [0.29, 0.717) is 6.54 Å². The van der Waals surface area contributed by atoms with E-state index in [1.54, 1.807) is 7.11 Å². The Morgan fingerprint density at radius 2 is 2.19 bits per heavy atom. The minimum Gasteiger partial charge on any atom is -0.496 e. The monoisotopic (exact) mass is 287 g/mol. The van der Waals surface area contributed by atoms with Crippen LogP contribution >= 0.6 is 15.9 Å². The van der Waals surface area contributed by atoms with E-state index in [1.165, 1.54) is 0 Å². The van der Waals surface area contributed by atoms with Crippen LogP contribution in [0, 0.1) is 0 Å². The number of aliphatic hydroxyl groups is 1. The smallest absolute Gasteiger partial charge is 0.133 e. The minimum atomic E-state index is -0.674. The van der Waals surface area contributed by atoms with Crippen molar-refractivity contribution in [3.8, 4) is 5.75 Å². The van der Waals surface area contributed by atoms with Gasteiger partial charge in [0.15, 0.2) is 0 Å². The zero-order chi connectivity index (χ0) is 12.2. The highest BCUT2D eigenvalue weighted by molar-refractivity contribution is 9.10. The third kappa shape index (κ3) is 3.68. The molecule has 90 valence electrons. The third-order valence-corrected chi connectivity index (χ3v) is 3.21. The Morgan fingerprint density at radius 1 is 1.50 bits per heavy atom. The van der Waals surface area contributed by atoms with E-state index in [1.807, 2.05) is 32.0 Å². The first kappa shape index (κ1) is 13.3. The zero-order valence-electron chi connectivity index (χ0n) is 9.88. The van der Waals surface area contributed by atoms with E-state index in [-0.39, 0.29) is 0 Å². The van der Waals surface area contributed by atoms with Gasteiger partial charge in [-0.05, 0) is 47.5 Å². The number of halogens is 1. The Kier molecular flexibility index (Phi) is 4.62. The molecule has 1 aromatic carbocycles. The Morgan fingerprint density at radius 3 is 2.69 bits per heavy atom. The normalized spacial score (nSPS) is 14.3. The van der Waals surface area contributed by atoms with Crippen molar-refractivity contribution < 1.29 is 9.84 Å². The summed E-state index contributed by atoms with van der Waals surface area (Å²) in [6.45, 7) is 4.31. The van der Waals surface area contributed by atoms with Crippen LogP contribution in [0.5, 0.6) is 5.75 Å². The Bertz CT molecular complexity index is 353. The van der Waals surface area contributed by atoms with Crippen molar-refractivity contribution in [3.05, 3.63) is 22.7 Å². The summed E-state index contributed by atoms with van der Waals surface area (Å²) in [6, 6.07) is 5.74. The van der Waals surface area contributed by atoms with Crippen LogP contribution < -0.4 is 10.1 Å². The Balaban J connectivity index is 2.65. The Labute approximate surface area is 105 Å². The van der Waals surface area contributed by atoms with Crippen molar-refractivity contribution in [2.75, 3.05) is 19.0 Å². The van der Waals surface area contributed by atoms with Crippen LogP contribution in [0.25, 0.3) is 0 Å². The lowest BCUT2D eigenvalue weighted by atomic mass is 10.0. The van der Waals surface area contributed by atoms with Gasteiger partial charge in [-0.3, -0.25) is 0 Å². The average Bonchev–Trinajstić information content (AvgIpc) is 2.27. The van der Waals surface area contributed by atoms with Crippen LogP contribution in [0.3, 0.4) is 0 Å². The number of hydrogen-bond acceptors (Lipinski definition) is 3. The highest BCUT2D eigenvalue weighted by Crippen LogP contribution is 2.27. The van der Waals surface area contributed by atoms with Crippen molar-refractivity contribution in [2.45, 2.75) is 25.9 Å². The zero-order valence-corrected chi connectivity index (χ0v) is 11.5. The molecule has 0 saturated carbocycles. The summed E-state index contributed by atoms with van der Waals surface area (Å²) in [6.07, 6.45) is 0.720. The van der Waals surface area contributed by atoms with Crippen molar-refractivity contribution >= 4 is 21.6 Å². The second-order valence-corrected chi connectivity index (χ2v) is 4.91. The van der Waals surface area contributed by atoms with Gasteiger partial charge < -0.3 is 15.2 Å². The van der Waals surface area contributed by atoms with E-state index >= 15 is 0 Å². The van der Waals surface area contributed by atoms with Gasteiger partial charge in [0.2, 0.25) is 0 Å². The van der Waals surface area contributed by atoms with Gasteiger partial charge >= 0.3 is 0 Å². The van der Waals surface area contributed by atoms with Crippen LogP contribution in [0.1, 0.15) is 20.3 Å². The molecule has 0 fully saturated rings. The van der Waals surface area contributed by atoms with Crippen LogP contribution in [0.4, 0.5) is 5.69 Å². The van der Waals surface area contributed by atoms with Gasteiger partial charge in [-0.1, -0.05) is 6.92 Å². The number of nitrogens with one attached hydrogen (secondary N) is 1. The van der Waals surface area contributed by atoms with Crippen molar-refractivity contribution in [1.82, 2.24) is 0 Å². The predicted molar refractivity (Wildman–Crippen MR) is 70.1 cm³/mol. The van der Waals surface area contributed by atoms with E-state index < -0.39 is 5.60 Å². The van der Waals surface area contributed by atoms with Crippen LogP contribution in [-0.2, 0) is 0 Å². The molecule has 0 saturated heterocycles. The SMILES string of the molecule is CCC(C)(O)CNc1ccc(OC)c(Br)c1. The lowest BCUT2D eigenvalue weighted by Crippen LogP contribution is -2.32. The van der Waals surface area contributed by atoms with E-state index in [0.717, 1.165) is 22.3 Å². The van der Waals surface area contributed by atoms with Gasteiger partial charge in [-0.2, -0.15) is 0 Å². The Hall–Kier alpha value is -0.740. The maximum absolute atomic E-state index is 9.86. The maximum Gasteiger partial charge on any atom is 0.133 e. The van der Waals surface area contributed by atoms with Crippen molar-refractivity contribution in [3.63, 3.8) is 0 Å². The van der Waals surface area contributed by atoms with Gasteiger partial charge in [0.05, 0.1) is 17.2 Å². The largest absolute Gasteiger partial charge is 0.496 e. The molecule has 2 N–H and O–H groups in total. The fraction of sp³-hybridized carbons (Fsp3) is 0.500. The number of hydrogen-bond donors (Lipinski definition) is 2. The number of benzene rings is 1. The first-order valence-electron chi connectivity index (χ1n) is 5.28. The molecule has 4 heteroatoms. The molecule has 0 aromatic heterocycles. The molecule has 3 nitrogen and oxygen atoms in total. The average molecular weight is 288 g/mol. The van der Waals surface area contributed by atoms with Gasteiger partial charge in [0.25, 0.3) is 0 Å². The lowest BCUT2D eigenvalue weighted by molar-refractivity contribution is 0.0697. The maximum atomic E-state index is 9.86. The number of anilines is 1. The summed E-state index contributed by atoms with van der Waals surface area (Å²) >= 11 is 3.42. The summed E-state index contributed by atoms with van der Waals surface area (Å²) in [5.74, 6) is 0.799. The van der Waals surface area contributed by atoms with Crippen LogP contribution in [0.2, 0.25) is 0 Å². The molecule has 0 bridgehead atoms. The molecule has 16 heavy (non-hydrogen) atoms. The second-order valence-electron chi connectivity index (χ2n) is 4.05. The van der Waals surface area contributed by atoms with Crippen molar-refractivity contribution in [1.29, 1.82) is 0 Å². The van der Waals surface area contributed by atoms with Gasteiger partial charge in [0, 0.05) is 12.2 Å². The fourth-order valence-electron chi connectivity index (χ4n) is 1.19. The molecule has 0 heterocycles. The third-order valence-electron chi connectivity index (χ3n) is 2.59. The molecular weight excluding hydrogens is 270 g/mol. The summed E-state index contributed by atoms with van der Waals surface area (Å²) in [5.41, 5.74) is 0.285. The molecular formula is C12H18BrNO2. The van der Waals surface area contributed by atoms with E-state index in [9.17, 15) is 5.11 Å². The first-order valence-corrected chi connectivity index (χ1v) is 6.07. The second kappa shape index (κ2) is 5.55. The molecule has 1 unspecified atom stereocenters. The topological polar surface area (TPSA) is 41.5 Å². The van der Waals surface area contributed by atoms with Crippen molar-refractivity contribution in [2.24, 2.45) is 0 Å². The molecule has 0 amide bonds. The van der Waals surface area contributed by atoms with Gasteiger partial charge in [-0.25, -0.2) is 0 Å². The van der Waals surface area contributed by atoms with Crippen LogP contribution in [0.15, 0.2) is 22.7 Å². The molecule has 0 aliphatic carbocycles. The molecule has 0 aliphatic rings. The molecule has 0 aliphatic heterocycles. The van der Waals surface area contributed by atoms with E-state index in [2.05, 4.69) is 21.2 Å². The number of rotatable bonds is 5. The molecule has 0 spiro atoms. The molecule has 1 atom stereocenters. The number of methoxy groups -OCH3 is 1. The summed E-state index contributed by atoms with van der Waals surface area (Å²) < 4.78 is 6.04. The summed E-state index contributed by atoms with van der Waals surface area (Å²) in [7, 11) is 1.63. The van der Waals surface area contributed by atoms with E-state index in [4.69, 9.17) is 4.74 Å². The standard InChI is InChI=1S/C12H18BrNO2/c1-4-12(2,15)8-14-9-5-6-11(16-3)10(13)7-9/h5-7,14-15H,4,8H2,1-3H3. The van der Waals surface area contributed by atoms with Gasteiger partial charge in [-0.15, -0.1) is 0 Å². The quantitative estimate of drug-likeness (QED) is 0.875. The highest BCUT2D eigenvalue weighted by Gasteiger charge is 2.16. The van der Waals surface area contributed by atoms with Crippen LogP contribution in [-0.4, -0.2) is 24.4 Å². The molecule has 1 aromatic rings. The minimum absolute atomic E-state index is 0.530.